The van der Waals surface area contributed by atoms with Crippen LogP contribution < -0.4 is 4.74 Å². The van der Waals surface area contributed by atoms with Gasteiger partial charge in [-0.25, -0.2) is 0 Å². The predicted octanol–water partition coefficient (Wildman–Crippen LogP) is 6.47. The number of ether oxygens (including phenoxy) is 1. The van der Waals surface area contributed by atoms with Crippen LogP contribution in [0.2, 0.25) is 0 Å². The Kier molecular flexibility index (Phi) is 9.16. The number of hydrogen-bond acceptors (Lipinski definition) is 3. The Hall–Kier alpha value is -1.90. The Balaban J connectivity index is 1.80. The van der Waals surface area contributed by atoms with E-state index in [1.165, 1.54) is 38.5 Å². The smallest absolute Gasteiger partial charge is 0.119 e. The summed E-state index contributed by atoms with van der Waals surface area (Å²) in [5.41, 5.74) is 3.10. The molecule has 2 rings (SSSR count). The summed E-state index contributed by atoms with van der Waals surface area (Å²) in [4.78, 5) is 9.18. The number of hydrogen-bond donors (Lipinski definition) is 0. The molecule has 0 spiro atoms. The molecule has 26 heavy (non-hydrogen) atoms. The van der Waals surface area contributed by atoms with Crippen LogP contribution in [0, 0.1) is 5.92 Å². The van der Waals surface area contributed by atoms with Crippen molar-refractivity contribution in [3.63, 3.8) is 0 Å². The van der Waals surface area contributed by atoms with E-state index in [0.717, 1.165) is 42.1 Å². The average molecular weight is 355 g/mol. The normalized spacial score (nSPS) is 12.1. The lowest BCUT2D eigenvalue weighted by atomic mass is 10.1. The second kappa shape index (κ2) is 11.7. The lowest BCUT2D eigenvalue weighted by Gasteiger charge is -2.11. The van der Waals surface area contributed by atoms with Crippen molar-refractivity contribution in [2.45, 2.75) is 72.1 Å². The maximum atomic E-state index is 5.81. The molecule has 0 unspecified atom stereocenters. The molecule has 0 N–H and O–H groups in total. The lowest BCUT2D eigenvalue weighted by molar-refractivity contribution is 0.256. The fourth-order valence-corrected chi connectivity index (χ4v) is 2.80. The molecule has 2 aromatic rings. The monoisotopic (exact) mass is 354 g/mol. The minimum atomic E-state index is 0.583. The highest BCUT2D eigenvalue weighted by molar-refractivity contribution is 5.58. The largest absolute Gasteiger partial charge is 0.493 e. The van der Waals surface area contributed by atoms with Crippen molar-refractivity contribution >= 4 is 0 Å². The lowest BCUT2D eigenvalue weighted by Crippen LogP contribution is -2.07. The summed E-state index contributed by atoms with van der Waals surface area (Å²) in [6.45, 7) is 7.41. The average Bonchev–Trinajstić information content (AvgIpc) is 2.69. The van der Waals surface area contributed by atoms with Gasteiger partial charge in [0.25, 0.3) is 0 Å². The fraction of sp³-hybridized carbons (Fsp3) is 0.565. The highest BCUT2D eigenvalue weighted by Gasteiger charge is 2.04. The van der Waals surface area contributed by atoms with E-state index in [1.54, 1.807) is 0 Å². The van der Waals surface area contributed by atoms with Gasteiger partial charge >= 0.3 is 0 Å². The van der Waals surface area contributed by atoms with Gasteiger partial charge in [0.15, 0.2) is 0 Å². The summed E-state index contributed by atoms with van der Waals surface area (Å²) >= 11 is 0. The van der Waals surface area contributed by atoms with Crippen molar-refractivity contribution in [1.29, 1.82) is 0 Å². The second-order valence-electron chi connectivity index (χ2n) is 7.26. The molecule has 142 valence electrons. The number of aromatic nitrogens is 2. The minimum Gasteiger partial charge on any atom is -0.493 e. The summed E-state index contributed by atoms with van der Waals surface area (Å²) < 4.78 is 5.81. The molecule has 1 aromatic carbocycles. The van der Waals surface area contributed by atoms with Gasteiger partial charge in [0.1, 0.15) is 5.75 Å². The summed E-state index contributed by atoms with van der Waals surface area (Å²) in [7, 11) is 0. The molecule has 0 saturated heterocycles. The van der Waals surface area contributed by atoms with Gasteiger partial charge in [-0.1, -0.05) is 59.3 Å². The van der Waals surface area contributed by atoms with E-state index in [1.807, 2.05) is 24.5 Å². The van der Waals surface area contributed by atoms with Crippen LogP contribution in [0.5, 0.6) is 5.75 Å². The molecule has 1 aromatic heterocycles. The standard InChI is InChI=1S/C23H34N2O/c1-4-6-7-8-9-10-11-21-16-25-23(17-24-21)20-12-14-22(15-13-20)26-18-19(3)5-2/h12-17,19H,4-11,18H2,1-3H3/t19-/m0/s1. The molecule has 3 heteroatoms. The first-order valence-corrected chi connectivity index (χ1v) is 10.3. The van der Waals surface area contributed by atoms with Crippen LogP contribution in [0.1, 0.15) is 71.4 Å². The van der Waals surface area contributed by atoms with Crippen LogP contribution in [-0.4, -0.2) is 16.6 Å². The van der Waals surface area contributed by atoms with Crippen LogP contribution in [0.15, 0.2) is 36.7 Å². The first-order valence-electron chi connectivity index (χ1n) is 10.3. The van der Waals surface area contributed by atoms with Crippen molar-refractivity contribution in [3.8, 4) is 17.0 Å². The maximum absolute atomic E-state index is 5.81. The number of rotatable bonds is 12. The molecule has 0 fully saturated rings. The van der Waals surface area contributed by atoms with E-state index < -0.39 is 0 Å². The van der Waals surface area contributed by atoms with Crippen molar-refractivity contribution < 1.29 is 4.74 Å². The molecule has 0 aliphatic rings. The van der Waals surface area contributed by atoms with E-state index in [9.17, 15) is 0 Å². The number of unbranched alkanes of at least 4 members (excludes halogenated alkanes) is 5. The Morgan fingerprint density at radius 3 is 2.27 bits per heavy atom. The van der Waals surface area contributed by atoms with Gasteiger partial charge in [-0.05, 0) is 43.0 Å². The fourth-order valence-electron chi connectivity index (χ4n) is 2.80. The highest BCUT2D eigenvalue weighted by Crippen LogP contribution is 2.21. The van der Waals surface area contributed by atoms with Crippen LogP contribution in [0.4, 0.5) is 0 Å². The topological polar surface area (TPSA) is 35.0 Å². The van der Waals surface area contributed by atoms with Gasteiger partial charge in [-0.15, -0.1) is 0 Å². The van der Waals surface area contributed by atoms with Crippen molar-refractivity contribution in [2.24, 2.45) is 5.92 Å². The van der Waals surface area contributed by atoms with Gasteiger partial charge in [0.2, 0.25) is 0 Å². The molecule has 0 aliphatic heterocycles. The summed E-state index contributed by atoms with van der Waals surface area (Å²) in [6.07, 6.45) is 13.8. The molecule has 0 amide bonds. The van der Waals surface area contributed by atoms with Crippen molar-refractivity contribution in [2.75, 3.05) is 6.61 Å². The molecule has 0 aliphatic carbocycles. The van der Waals surface area contributed by atoms with Crippen molar-refractivity contribution in [3.05, 3.63) is 42.4 Å². The predicted molar refractivity (Wildman–Crippen MR) is 109 cm³/mol. The SMILES string of the molecule is CCCCCCCCc1cnc(-c2ccc(OC[C@@H](C)CC)cc2)cn1. The zero-order chi connectivity index (χ0) is 18.6. The first kappa shape index (κ1) is 20.4. The zero-order valence-corrected chi connectivity index (χ0v) is 16.7. The molecule has 0 bridgehead atoms. The summed E-state index contributed by atoms with van der Waals surface area (Å²) in [5, 5.41) is 0. The number of nitrogens with zero attached hydrogens (tertiary/aromatic N) is 2. The van der Waals surface area contributed by atoms with Crippen LogP contribution >= 0.6 is 0 Å². The Morgan fingerprint density at radius 2 is 1.62 bits per heavy atom. The van der Waals surface area contributed by atoms with E-state index in [-0.39, 0.29) is 0 Å². The molecule has 3 nitrogen and oxygen atoms in total. The van der Waals surface area contributed by atoms with Gasteiger partial charge < -0.3 is 4.74 Å². The quantitative estimate of drug-likeness (QED) is 0.410. The highest BCUT2D eigenvalue weighted by atomic mass is 16.5. The van der Waals surface area contributed by atoms with E-state index >= 15 is 0 Å². The van der Waals surface area contributed by atoms with Crippen LogP contribution in [0.25, 0.3) is 11.3 Å². The molecule has 0 radical (unpaired) electrons. The maximum Gasteiger partial charge on any atom is 0.119 e. The third-order valence-electron chi connectivity index (χ3n) is 4.87. The number of benzene rings is 1. The molecule has 0 saturated carbocycles. The summed E-state index contributed by atoms with van der Waals surface area (Å²) in [6, 6.07) is 8.15. The van der Waals surface area contributed by atoms with Gasteiger partial charge in [-0.3, -0.25) is 9.97 Å². The van der Waals surface area contributed by atoms with E-state index in [0.29, 0.717) is 5.92 Å². The third-order valence-corrected chi connectivity index (χ3v) is 4.87. The zero-order valence-electron chi connectivity index (χ0n) is 16.7. The van der Waals surface area contributed by atoms with Gasteiger partial charge in [0, 0.05) is 11.8 Å². The third kappa shape index (κ3) is 7.15. The molecule has 1 atom stereocenters. The Bertz CT molecular complexity index is 607. The first-order chi connectivity index (χ1) is 12.7. The molecule has 1 heterocycles. The van der Waals surface area contributed by atoms with E-state index in [4.69, 9.17) is 4.74 Å². The minimum absolute atomic E-state index is 0.583. The van der Waals surface area contributed by atoms with Gasteiger partial charge in [0.05, 0.1) is 24.2 Å². The Labute approximate surface area is 159 Å². The Morgan fingerprint density at radius 1 is 0.885 bits per heavy atom. The van der Waals surface area contributed by atoms with Crippen molar-refractivity contribution in [1.82, 2.24) is 9.97 Å². The van der Waals surface area contributed by atoms with Crippen LogP contribution in [-0.2, 0) is 6.42 Å². The van der Waals surface area contributed by atoms with Gasteiger partial charge in [-0.2, -0.15) is 0 Å². The van der Waals surface area contributed by atoms with E-state index in [2.05, 4.69) is 42.9 Å². The van der Waals surface area contributed by atoms with Crippen LogP contribution in [0.3, 0.4) is 0 Å². The summed E-state index contributed by atoms with van der Waals surface area (Å²) in [5.74, 6) is 1.50. The molecular formula is C23H34N2O. The second-order valence-corrected chi connectivity index (χ2v) is 7.26. The number of aryl methyl sites for hydroxylation is 1. The molecular weight excluding hydrogens is 320 g/mol.